The first-order valence-electron chi connectivity index (χ1n) is 8.26. The van der Waals surface area contributed by atoms with E-state index < -0.39 is 0 Å². The molecule has 0 radical (unpaired) electrons. The van der Waals surface area contributed by atoms with E-state index in [4.69, 9.17) is 0 Å². The van der Waals surface area contributed by atoms with Gasteiger partial charge in [-0.3, -0.25) is 4.79 Å². The number of aryl methyl sites for hydroxylation is 1. The second-order valence-corrected chi connectivity index (χ2v) is 6.83. The number of hydrogen-bond donors (Lipinski definition) is 1. The summed E-state index contributed by atoms with van der Waals surface area (Å²) in [5, 5.41) is 3.45. The second-order valence-electron chi connectivity index (χ2n) is 5.80. The molecule has 0 bridgehead atoms. The van der Waals surface area contributed by atoms with E-state index in [-0.39, 0.29) is 5.91 Å². The summed E-state index contributed by atoms with van der Waals surface area (Å²) in [5.74, 6) is -0.102. The number of allylic oxidation sites excluding steroid dienone is 2. The lowest BCUT2D eigenvalue weighted by Gasteiger charge is -1.98. The van der Waals surface area contributed by atoms with E-state index in [1.807, 2.05) is 55.5 Å². The molecule has 0 aromatic heterocycles. The molecule has 2 aromatic carbocycles. The van der Waals surface area contributed by atoms with Crippen LogP contribution < -0.4 is 5.32 Å². The van der Waals surface area contributed by atoms with Crippen molar-refractivity contribution < 1.29 is 4.79 Å². The van der Waals surface area contributed by atoms with Crippen LogP contribution in [0.5, 0.6) is 0 Å². The monoisotopic (exact) mass is 348 g/mol. The summed E-state index contributed by atoms with van der Waals surface area (Å²) in [6, 6.07) is 18.1. The Hall–Kier alpha value is -2.59. The van der Waals surface area contributed by atoms with Gasteiger partial charge in [0, 0.05) is 0 Å². The average molecular weight is 348 g/mol. The number of carbonyl (C=O) groups is 1. The molecule has 2 aromatic rings. The van der Waals surface area contributed by atoms with Crippen molar-refractivity contribution >= 4 is 34.6 Å². The van der Waals surface area contributed by atoms with Crippen LogP contribution in [0.2, 0.25) is 0 Å². The third-order valence-electron chi connectivity index (χ3n) is 3.78. The maximum absolute atomic E-state index is 12.2. The lowest BCUT2D eigenvalue weighted by atomic mass is 10.1. The highest BCUT2D eigenvalue weighted by Gasteiger charge is 2.23. The Labute approximate surface area is 152 Å². The van der Waals surface area contributed by atoms with Crippen LogP contribution in [0, 0.1) is 0 Å². The van der Waals surface area contributed by atoms with Gasteiger partial charge in [-0.2, -0.15) is 0 Å². The van der Waals surface area contributed by atoms with Crippen molar-refractivity contribution in [3.63, 3.8) is 0 Å². The maximum atomic E-state index is 12.2. The van der Waals surface area contributed by atoms with E-state index in [1.165, 1.54) is 17.3 Å². The van der Waals surface area contributed by atoms with E-state index in [2.05, 4.69) is 35.4 Å². The molecule has 3 nitrogen and oxygen atoms in total. The third-order valence-corrected chi connectivity index (χ3v) is 4.69. The Kier molecular flexibility index (Phi) is 5.51. The highest BCUT2D eigenvalue weighted by molar-refractivity contribution is 8.18. The van der Waals surface area contributed by atoms with Crippen LogP contribution in [0.15, 0.2) is 76.1 Å². The summed E-state index contributed by atoms with van der Waals surface area (Å²) >= 11 is 1.37. The van der Waals surface area contributed by atoms with Gasteiger partial charge in [0.1, 0.15) is 0 Å². The van der Waals surface area contributed by atoms with Crippen molar-refractivity contribution in [2.75, 3.05) is 0 Å². The number of benzene rings is 2. The molecule has 1 aliphatic rings. The number of hydrogen-bond acceptors (Lipinski definition) is 3. The van der Waals surface area contributed by atoms with Gasteiger partial charge >= 0.3 is 0 Å². The Morgan fingerprint density at radius 3 is 2.52 bits per heavy atom. The Balaban J connectivity index is 1.75. The molecular formula is C21H20N2OS. The smallest absolute Gasteiger partial charge is 0.264 e. The summed E-state index contributed by atoms with van der Waals surface area (Å²) in [6.07, 6.45) is 4.96. The summed E-state index contributed by atoms with van der Waals surface area (Å²) in [6.45, 7) is 4.11. The first-order valence-corrected chi connectivity index (χ1v) is 9.07. The van der Waals surface area contributed by atoms with Gasteiger partial charge in [0.25, 0.3) is 5.91 Å². The van der Waals surface area contributed by atoms with Crippen molar-refractivity contribution in [1.29, 1.82) is 0 Å². The molecule has 0 atom stereocenters. The molecule has 1 fully saturated rings. The van der Waals surface area contributed by atoms with Crippen LogP contribution >= 0.6 is 11.8 Å². The minimum Gasteiger partial charge on any atom is -0.300 e. The van der Waals surface area contributed by atoms with E-state index in [1.54, 1.807) is 0 Å². The molecule has 1 amide bonds. The van der Waals surface area contributed by atoms with Gasteiger partial charge in [-0.05, 0) is 60.0 Å². The number of nitrogens with one attached hydrogen (secondary N) is 1. The molecule has 1 N–H and O–H groups in total. The van der Waals surface area contributed by atoms with Gasteiger partial charge in [-0.25, -0.2) is 4.99 Å². The summed E-state index contributed by atoms with van der Waals surface area (Å²) in [5.41, 5.74) is 4.26. The van der Waals surface area contributed by atoms with Gasteiger partial charge in [-0.1, -0.05) is 55.5 Å². The fourth-order valence-electron chi connectivity index (χ4n) is 2.46. The van der Waals surface area contributed by atoms with Gasteiger partial charge in [0.2, 0.25) is 0 Å². The minimum atomic E-state index is -0.102. The van der Waals surface area contributed by atoms with E-state index in [0.717, 1.165) is 23.2 Å². The zero-order valence-electron chi connectivity index (χ0n) is 14.3. The second kappa shape index (κ2) is 7.99. The Morgan fingerprint density at radius 2 is 1.84 bits per heavy atom. The molecule has 0 aliphatic carbocycles. The topological polar surface area (TPSA) is 41.5 Å². The van der Waals surface area contributed by atoms with Gasteiger partial charge < -0.3 is 5.32 Å². The van der Waals surface area contributed by atoms with Gasteiger partial charge in [0.05, 0.1) is 10.6 Å². The molecule has 0 unspecified atom stereocenters. The summed E-state index contributed by atoms with van der Waals surface area (Å²) < 4.78 is 0. The van der Waals surface area contributed by atoms with E-state index in [9.17, 15) is 4.79 Å². The standard InChI is InChI=1S/C21H20N2OS/c1-3-16-9-11-18(12-10-16)22-21-23-20(24)19(25-21)14-15(2)13-17-7-5-4-6-8-17/h4-14H,3H2,1-2H3,(H,22,23,24). The number of rotatable bonds is 4. The zero-order valence-corrected chi connectivity index (χ0v) is 15.1. The summed E-state index contributed by atoms with van der Waals surface area (Å²) in [7, 11) is 0. The average Bonchev–Trinajstić information content (AvgIpc) is 2.95. The number of carbonyl (C=O) groups excluding carboxylic acids is 1. The number of amidine groups is 1. The fraction of sp³-hybridized carbons (Fsp3) is 0.143. The molecule has 0 saturated carbocycles. The first-order chi connectivity index (χ1) is 12.1. The fourth-order valence-corrected chi connectivity index (χ4v) is 3.36. The van der Waals surface area contributed by atoms with Crippen LogP contribution in [0.25, 0.3) is 6.08 Å². The molecule has 25 heavy (non-hydrogen) atoms. The lowest BCUT2D eigenvalue weighted by Crippen LogP contribution is -2.19. The molecule has 1 aliphatic heterocycles. The lowest BCUT2D eigenvalue weighted by molar-refractivity contribution is -0.115. The highest BCUT2D eigenvalue weighted by Crippen LogP contribution is 2.27. The predicted molar refractivity (Wildman–Crippen MR) is 107 cm³/mol. The van der Waals surface area contributed by atoms with Gasteiger partial charge in [-0.15, -0.1) is 0 Å². The van der Waals surface area contributed by atoms with Gasteiger partial charge in [0.15, 0.2) is 5.17 Å². The molecule has 0 spiro atoms. The zero-order chi connectivity index (χ0) is 17.6. The molecule has 1 heterocycles. The quantitative estimate of drug-likeness (QED) is 0.782. The number of nitrogens with zero attached hydrogens (tertiary/aromatic N) is 1. The van der Waals surface area contributed by atoms with E-state index >= 15 is 0 Å². The SMILES string of the molecule is CCc1ccc(N=C2NC(=O)C(=CC(C)=Cc3ccccc3)S2)cc1. The van der Waals surface area contributed by atoms with Crippen molar-refractivity contribution in [3.05, 3.63) is 82.3 Å². The number of amides is 1. The number of thioether (sulfide) groups is 1. The van der Waals surface area contributed by atoms with Crippen LogP contribution in [0.1, 0.15) is 25.0 Å². The molecule has 3 rings (SSSR count). The largest absolute Gasteiger partial charge is 0.300 e. The molecule has 126 valence electrons. The molecule has 4 heteroatoms. The van der Waals surface area contributed by atoms with Crippen LogP contribution in [0.4, 0.5) is 5.69 Å². The summed E-state index contributed by atoms with van der Waals surface area (Å²) in [4.78, 5) is 17.3. The van der Waals surface area contributed by atoms with E-state index in [0.29, 0.717) is 10.1 Å². The van der Waals surface area contributed by atoms with Crippen molar-refractivity contribution in [3.8, 4) is 0 Å². The normalized spacial score (nSPS) is 18.0. The van der Waals surface area contributed by atoms with Crippen LogP contribution in [-0.2, 0) is 11.2 Å². The van der Waals surface area contributed by atoms with Crippen molar-refractivity contribution in [2.45, 2.75) is 20.3 Å². The maximum Gasteiger partial charge on any atom is 0.264 e. The third kappa shape index (κ3) is 4.70. The highest BCUT2D eigenvalue weighted by atomic mass is 32.2. The predicted octanol–water partition coefficient (Wildman–Crippen LogP) is 5.09. The Morgan fingerprint density at radius 1 is 1.12 bits per heavy atom. The first kappa shape index (κ1) is 17.2. The Bertz CT molecular complexity index is 849. The molecular weight excluding hydrogens is 328 g/mol. The van der Waals surface area contributed by atoms with Crippen molar-refractivity contribution in [1.82, 2.24) is 5.32 Å². The molecule has 1 saturated heterocycles. The van der Waals surface area contributed by atoms with Crippen molar-refractivity contribution in [2.24, 2.45) is 4.99 Å². The minimum absolute atomic E-state index is 0.102. The number of aliphatic imine (C=N–C) groups is 1. The van der Waals surface area contributed by atoms with Crippen LogP contribution in [0.3, 0.4) is 0 Å². The van der Waals surface area contributed by atoms with Crippen LogP contribution in [-0.4, -0.2) is 11.1 Å².